The molecule has 1 atom stereocenters. The maximum absolute atomic E-state index is 11.9. The topological polar surface area (TPSA) is 101 Å². The average Bonchev–Trinajstić information content (AvgIpc) is 2.64. The Labute approximate surface area is 168 Å². The SMILES string of the molecule is CC(NCC(=O)NCCSc1ccc(Cl)cc1)c1cccc(S(N)(=O)=O)c1. The Bertz CT molecular complexity index is 874. The molecule has 0 radical (unpaired) electrons. The van der Waals surface area contributed by atoms with Crippen LogP contribution in [0.3, 0.4) is 0 Å². The van der Waals surface area contributed by atoms with Crippen molar-refractivity contribution in [3.8, 4) is 0 Å². The van der Waals surface area contributed by atoms with Gasteiger partial charge in [-0.05, 0) is 48.9 Å². The van der Waals surface area contributed by atoms with Gasteiger partial charge >= 0.3 is 0 Å². The van der Waals surface area contributed by atoms with Gasteiger partial charge in [0.1, 0.15) is 0 Å². The molecule has 0 spiro atoms. The lowest BCUT2D eigenvalue weighted by Crippen LogP contribution is -2.36. The molecule has 4 N–H and O–H groups in total. The number of carbonyl (C=O) groups is 1. The van der Waals surface area contributed by atoms with E-state index in [0.29, 0.717) is 11.6 Å². The standard InChI is InChI=1S/C18H22ClN3O3S2/c1-13(14-3-2-4-17(11-14)27(20,24)25)22-12-18(23)21-9-10-26-16-7-5-15(19)6-8-16/h2-8,11,13,22H,9-10,12H2,1H3,(H,21,23)(H2,20,24,25). The van der Waals surface area contributed by atoms with E-state index in [4.69, 9.17) is 16.7 Å². The van der Waals surface area contributed by atoms with Crippen LogP contribution in [0.25, 0.3) is 0 Å². The van der Waals surface area contributed by atoms with Gasteiger partial charge in [-0.25, -0.2) is 13.6 Å². The second kappa shape index (κ2) is 10.1. The van der Waals surface area contributed by atoms with Gasteiger partial charge in [0, 0.05) is 28.3 Å². The number of primary sulfonamides is 1. The molecule has 6 nitrogen and oxygen atoms in total. The molecule has 0 bridgehead atoms. The number of sulfonamides is 1. The number of thioether (sulfide) groups is 1. The number of benzene rings is 2. The van der Waals surface area contributed by atoms with Crippen LogP contribution in [0.4, 0.5) is 0 Å². The number of hydrogen-bond acceptors (Lipinski definition) is 5. The highest BCUT2D eigenvalue weighted by molar-refractivity contribution is 7.99. The van der Waals surface area contributed by atoms with Gasteiger partial charge in [0.15, 0.2) is 0 Å². The summed E-state index contributed by atoms with van der Waals surface area (Å²) in [6.07, 6.45) is 0. The van der Waals surface area contributed by atoms with Crippen LogP contribution in [-0.2, 0) is 14.8 Å². The Morgan fingerprint density at radius 3 is 2.59 bits per heavy atom. The van der Waals surface area contributed by atoms with E-state index in [1.807, 2.05) is 31.2 Å². The molecular formula is C18H22ClN3O3S2. The van der Waals surface area contributed by atoms with E-state index in [9.17, 15) is 13.2 Å². The Kier molecular flexibility index (Phi) is 8.12. The monoisotopic (exact) mass is 427 g/mol. The minimum Gasteiger partial charge on any atom is -0.354 e. The normalized spacial score (nSPS) is 12.6. The molecule has 0 fully saturated rings. The lowest BCUT2D eigenvalue weighted by atomic mass is 10.1. The van der Waals surface area contributed by atoms with Crippen LogP contribution in [0.5, 0.6) is 0 Å². The highest BCUT2D eigenvalue weighted by atomic mass is 35.5. The first-order valence-electron chi connectivity index (χ1n) is 8.27. The highest BCUT2D eigenvalue weighted by Gasteiger charge is 2.12. The fourth-order valence-corrected chi connectivity index (χ4v) is 3.74. The summed E-state index contributed by atoms with van der Waals surface area (Å²) >= 11 is 7.47. The molecule has 0 aliphatic heterocycles. The molecule has 146 valence electrons. The van der Waals surface area contributed by atoms with Crippen molar-refractivity contribution in [3.05, 3.63) is 59.1 Å². The maximum Gasteiger partial charge on any atom is 0.238 e. The summed E-state index contributed by atoms with van der Waals surface area (Å²) in [5.74, 6) is 0.625. The Morgan fingerprint density at radius 2 is 1.93 bits per heavy atom. The smallest absolute Gasteiger partial charge is 0.238 e. The van der Waals surface area contributed by atoms with Gasteiger partial charge in [-0.3, -0.25) is 4.79 Å². The summed E-state index contributed by atoms with van der Waals surface area (Å²) in [7, 11) is -3.75. The van der Waals surface area contributed by atoms with Crippen LogP contribution in [-0.4, -0.2) is 33.2 Å². The van der Waals surface area contributed by atoms with E-state index in [-0.39, 0.29) is 23.4 Å². The third-order valence-corrected chi connectivity index (χ3v) is 5.94. The van der Waals surface area contributed by atoms with Crippen LogP contribution in [0.1, 0.15) is 18.5 Å². The molecule has 0 aliphatic carbocycles. The minimum atomic E-state index is -3.75. The van der Waals surface area contributed by atoms with Gasteiger partial charge < -0.3 is 10.6 Å². The second-order valence-corrected chi connectivity index (χ2v) is 9.04. The molecule has 2 aromatic rings. The Morgan fingerprint density at radius 1 is 1.22 bits per heavy atom. The van der Waals surface area contributed by atoms with E-state index in [0.717, 1.165) is 16.2 Å². The van der Waals surface area contributed by atoms with Gasteiger partial charge in [0.25, 0.3) is 0 Å². The molecule has 27 heavy (non-hydrogen) atoms. The number of halogens is 1. The molecule has 0 saturated carbocycles. The Balaban J connectivity index is 1.72. The molecular weight excluding hydrogens is 406 g/mol. The molecule has 2 rings (SSSR count). The molecule has 0 heterocycles. The fraction of sp³-hybridized carbons (Fsp3) is 0.278. The lowest BCUT2D eigenvalue weighted by molar-refractivity contribution is -0.120. The molecule has 2 aromatic carbocycles. The first kappa shape index (κ1) is 21.7. The number of rotatable bonds is 9. The minimum absolute atomic E-state index is 0.0531. The predicted molar refractivity (Wildman–Crippen MR) is 109 cm³/mol. The molecule has 9 heteroatoms. The van der Waals surface area contributed by atoms with Crippen molar-refractivity contribution in [2.75, 3.05) is 18.8 Å². The summed E-state index contributed by atoms with van der Waals surface area (Å²) < 4.78 is 22.8. The fourth-order valence-electron chi connectivity index (χ4n) is 2.28. The molecule has 0 saturated heterocycles. The highest BCUT2D eigenvalue weighted by Crippen LogP contribution is 2.19. The maximum atomic E-state index is 11.9. The van der Waals surface area contributed by atoms with Crippen LogP contribution in [0.15, 0.2) is 58.3 Å². The zero-order valence-electron chi connectivity index (χ0n) is 14.8. The zero-order valence-corrected chi connectivity index (χ0v) is 17.2. The lowest BCUT2D eigenvalue weighted by Gasteiger charge is -2.15. The van der Waals surface area contributed by atoms with E-state index in [1.54, 1.807) is 23.9 Å². The van der Waals surface area contributed by atoms with Crippen molar-refractivity contribution in [3.63, 3.8) is 0 Å². The van der Waals surface area contributed by atoms with Crippen LogP contribution in [0, 0.1) is 0 Å². The number of amides is 1. The van der Waals surface area contributed by atoms with Crippen molar-refractivity contribution in [1.29, 1.82) is 0 Å². The van der Waals surface area contributed by atoms with Crippen LogP contribution < -0.4 is 15.8 Å². The van der Waals surface area contributed by atoms with E-state index in [2.05, 4.69) is 10.6 Å². The van der Waals surface area contributed by atoms with Crippen molar-refractivity contribution >= 4 is 39.3 Å². The molecule has 0 aliphatic rings. The number of carbonyl (C=O) groups excluding carboxylic acids is 1. The first-order chi connectivity index (χ1) is 12.8. The molecule has 1 unspecified atom stereocenters. The van der Waals surface area contributed by atoms with Gasteiger partial charge in [0.05, 0.1) is 11.4 Å². The summed E-state index contributed by atoms with van der Waals surface area (Å²) in [5.41, 5.74) is 0.743. The predicted octanol–water partition coefficient (Wildman–Crippen LogP) is 2.55. The van der Waals surface area contributed by atoms with Crippen LogP contribution >= 0.6 is 23.4 Å². The van der Waals surface area contributed by atoms with Crippen molar-refractivity contribution in [1.82, 2.24) is 10.6 Å². The molecule has 0 aromatic heterocycles. The average molecular weight is 428 g/mol. The Hall–Kier alpha value is -1.58. The van der Waals surface area contributed by atoms with Gasteiger partial charge in [-0.15, -0.1) is 11.8 Å². The van der Waals surface area contributed by atoms with Gasteiger partial charge in [0.2, 0.25) is 15.9 Å². The summed E-state index contributed by atoms with van der Waals surface area (Å²) in [6.45, 7) is 2.53. The zero-order chi connectivity index (χ0) is 19.9. The van der Waals surface area contributed by atoms with Crippen molar-refractivity contribution in [2.45, 2.75) is 22.8 Å². The third-order valence-electron chi connectivity index (χ3n) is 3.76. The molecule has 1 amide bonds. The van der Waals surface area contributed by atoms with Crippen molar-refractivity contribution in [2.24, 2.45) is 5.14 Å². The first-order valence-corrected chi connectivity index (χ1v) is 11.2. The number of nitrogens with one attached hydrogen (secondary N) is 2. The van der Waals surface area contributed by atoms with Crippen molar-refractivity contribution < 1.29 is 13.2 Å². The second-order valence-electron chi connectivity index (χ2n) is 5.87. The van der Waals surface area contributed by atoms with Crippen LogP contribution in [0.2, 0.25) is 5.02 Å². The van der Waals surface area contributed by atoms with Gasteiger partial charge in [-0.1, -0.05) is 23.7 Å². The number of hydrogen-bond donors (Lipinski definition) is 3. The quantitative estimate of drug-likeness (QED) is 0.421. The van der Waals surface area contributed by atoms with E-state index >= 15 is 0 Å². The summed E-state index contributed by atoms with van der Waals surface area (Å²) in [6, 6.07) is 13.7. The summed E-state index contributed by atoms with van der Waals surface area (Å²) in [4.78, 5) is 13.1. The van der Waals surface area contributed by atoms with Gasteiger partial charge in [-0.2, -0.15) is 0 Å². The van der Waals surface area contributed by atoms with E-state index < -0.39 is 10.0 Å². The van der Waals surface area contributed by atoms with E-state index in [1.165, 1.54) is 12.1 Å². The third kappa shape index (κ3) is 7.51. The summed E-state index contributed by atoms with van der Waals surface area (Å²) in [5, 5.41) is 11.8. The largest absolute Gasteiger partial charge is 0.354 e. The number of nitrogens with two attached hydrogens (primary N) is 1.